The van der Waals surface area contributed by atoms with Gasteiger partial charge in [0.15, 0.2) is 0 Å². The molecule has 84 valence electrons. The molecule has 0 radical (unpaired) electrons. The van der Waals surface area contributed by atoms with E-state index < -0.39 is 0 Å². The Labute approximate surface area is 107 Å². The second-order valence-corrected chi connectivity index (χ2v) is 4.28. The van der Waals surface area contributed by atoms with Crippen LogP contribution < -0.4 is 0 Å². The van der Waals surface area contributed by atoms with Gasteiger partial charge in [-0.15, -0.1) is 0 Å². The van der Waals surface area contributed by atoms with Crippen LogP contribution in [0.25, 0.3) is 0 Å². The molecular weight excluding hydrogens is 293 g/mol. The molecule has 1 rings (SSSR count). The van der Waals surface area contributed by atoms with Gasteiger partial charge in [0.1, 0.15) is 6.07 Å². The van der Waals surface area contributed by atoms with Crippen LogP contribution in [0.1, 0.15) is 18.1 Å². The Bertz CT molecular complexity index is 454. The van der Waals surface area contributed by atoms with E-state index in [0.29, 0.717) is 27.2 Å². The van der Waals surface area contributed by atoms with Crippen LogP contribution in [0.4, 0.5) is 0 Å². The van der Waals surface area contributed by atoms with Gasteiger partial charge < -0.3 is 4.74 Å². The van der Waals surface area contributed by atoms with Crippen molar-refractivity contribution < 1.29 is 9.53 Å². The van der Waals surface area contributed by atoms with E-state index >= 15 is 0 Å². The standard InChI is InChI=1S/C11H9BrClNO2/c1-2-16-11(15)5-7-4-10(13)8(6-14)3-9(7)12/h3-4H,2,5H2,1H3. The van der Waals surface area contributed by atoms with Gasteiger partial charge in [0.25, 0.3) is 0 Å². The van der Waals surface area contributed by atoms with Gasteiger partial charge in [0.2, 0.25) is 0 Å². The van der Waals surface area contributed by atoms with E-state index in [0.717, 1.165) is 0 Å². The number of benzene rings is 1. The molecule has 1 aromatic carbocycles. The number of ether oxygens (including phenoxy) is 1. The molecule has 0 aliphatic heterocycles. The molecule has 0 saturated heterocycles. The highest BCUT2D eigenvalue weighted by atomic mass is 79.9. The van der Waals surface area contributed by atoms with Gasteiger partial charge >= 0.3 is 5.97 Å². The monoisotopic (exact) mass is 301 g/mol. The van der Waals surface area contributed by atoms with Crippen molar-refractivity contribution in [1.29, 1.82) is 5.26 Å². The zero-order valence-corrected chi connectivity index (χ0v) is 10.9. The fourth-order valence-electron chi connectivity index (χ4n) is 1.18. The summed E-state index contributed by atoms with van der Waals surface area (Å²) in [5.74, 6) is -0.316. The lowest BCUT2D eigenvalue weighted by atomic mass is 10.1. The number of esters is 1. The van der Waals surface area contributed by atoms with Crippen molar-refractivity contribution in [3.63, 3.8) is 0 Å². The van der Waals surface area contributed by atoms with E-state index in [1.807, 2.05) is 6.07 Å². The first kappa shape index (κ1) is 13.0. The lowest BCUT2D eigenvalue weighted by molar-refractivity contribution is -0.142. The normalized spacial score (nSPS) is 9.62. The van der Waals surface area contributed by atoms with Gasteiger partial charge in [-0.05, 0) is 24.6 Å². The smallest absolute Gasteiger partial charge is 0.310 e. The van der Waals surface area contributed by atoms with E-state index in [9.17, 15) is 4.79 Å². The molecule has 0 atom stereocenters. The van der Waals surface area contributed by atoms with E-state index in [2.05, 4.69) is 15.9 Å². The van der Waals surface area contributed by atoms with Crippen molar-refractivity contribution in [3.8, 4) is 6.07 Å². The third-order valence-corrected chi connectivity index (χ3v) is 2.95. The predicted molar refractivity (Wildman–Crippen MR) is 64.2 cm³/mol. The number of carbonyl (C=O) groups is 1. The quantitative estimate of drug-likeness (QED) is 0.806. The van der Waals surface area contributed by atoms with E-state index in [1.165, 1.54) is 0 Å². The number of halogens is 2. The van der Waals surface area contributed by atoms with E-state index in [4.69, 9.17) is 21.6 Å². The first-order valence-electron chi connectivity index (χ1n) is 4.62. The summed E-state index contributed by atoms with van der Waals surface area (Å²) in [6.07, 6.45) is 0.139. The minimum atomic E-state index is -0.316. The number of rotatable bonds is 3. The molecule has 1 aromatic rings. The van der Waals surface area contributed by atoms with Crippen molar-refractivity contribution in [2.75, 3.05) is 6.61 Å². The average molecular weight is 303 g/mol. The predicted octanol–water partition coefficient (Wildman–Crippen LogP) is 3.08. The molecule has 0 heterocycles. The Kier molecular flexibility index (Phi) is 4.78. The summed E-state index contributed by atoms with van der Waals surface area (Å²) in [5.41, 5.74) is 1.09. The molecule has 5 heteroatoms. The molecule has 16 heavy (non-hydrogen) atoms. The summed E-state index contributed by atoms with van der Waals surface area (Å²) in [4.78, 5) is 11.3. The van der Waals surface area contributed by atoms with Gasteiger partial charge in [-0.1, -0.05) is 27.5 Å². The Balaban J connectivity index is 2.95. The Morgan fingerprint density at radius 1 is 1.62 bits per heavy atom. The second-order valence-electron chi connectivity index (χ2n) is 3.02. The lowest BCUT2D eigenvalue weighted by Crippen LogP contribution is -2.08. The zero-order chi connectivity index (χ0) is 12.1. The molecule has 0 N–H and O–H groups in total. The number of carbonyl (C=O) groups excluding carboxylic acids is 1. The number of nitriles is 1. The molecule has 0 spiro atoms. The van der Waals surface area contributed by atoms with Crippen LogP contribution in [0.15, 0.2) is 16.6 Å². The van der Waals surface area contributed by atoms with Gasteiger partial charge in [-0.25, -0.2) is 0 Å². The van der Waals surface area contributed by atoms with Gasteiger partial charge in [0, 0.05) is 4.47 Å². The maximum Gasteiger partial charge on any atom is 0.310 e. The SMILES string of the molecule is CCOC(=O)Cc1cc(Cl)c(C#N)cc1Br. The Morgan fingerprint density at radius 2 is 2.31 bits per heavy atom. The van der Waals surface area contributed by atoms with Crippen molar-refractivity contribution in [2.45, 2.75) is 13.3 Å². The summed E-state index contributed by atoms with van der Waals surface area (Å²) >= 11 is 9.15. The largest absolute Gasteiger partial charge is 0.466 e. The minimum absolute atomic E-state index is 0.139. The molecule has 0 amide bonds. The molecule has 0 aromatic heterocycles. The topological polar surface area (TPSA) is 50.1 Å². The highest BCUT2D eigenvalue weighted by molar-refractivity contribution is 9.10. The lowest BCUT2D eigenvalue weighted by Gasteiger charge is -2.06. The average Bonchev–Trinajstić information content (AvgIpc) is 2.23. The highest BCUT2D eigenvalue weighted by Gasteiger charge is 2.11. The number of nitrogens with zero attached hydrogens (tertiary/aromatic N) is 1. The number of hydrogen-bond donors (Lipinski definition) is 0. The zero-order valence-electron chi connectivity index (χ0n) is 8.59. The van der Waals surface area contributed by atoms with Crippen LogP contribution in [-0.2, 0) is 16.0 Å². The highest BCUT2D eigenvalue weighted by Crippen LogP contribution is 2.25. The summed E-state index contributed by atoms with van der Waals surface area (Å²) in [7, 11) is 0. The van der Waals surface area contributed by atoms with Gasteiger partial charge in [0.05, 0.1) is 23.6 Å². The molecule has 0 aliphatic carbocycles. The summed E-state index contributed by atoms with van der Waals surface area (Å²) in [6, 6.07) is 5.16. The molecule has 3 nitrogen and oxygen atoms in total. The minimum Gasteiger partial charge on any atom is -0.466 e. The van der Waals surface area contributed by atoms with Crippen LogP contribution in [0, 0.1) is 11.3 Å². The van der Waals surface area contributed by atoms with Crippen LogP contribution in [0.3, 0.4) is 0 Å². The van der Waals surface area contributed by atoms with Crippen LogP contribution in [0.2, 0.25) is 5.02 Å². The first-order chi connectivity index (χ1) is 7.58. The number of hydrogen-bond acceptors (Lipinski definition) is 3. The second kappa shape index (κ2) is 5.88. The van der Waals surface area contributed by atoms with Crippen molar-refractivity contribution in [2.24, 2.45) is 0 Å². The fourth-order valence-corrected chi connectivity index (χ4v) is 1.89. The van der Waals surface area contributed by atoms with Gasteiger partial charge in [-0.2, -0.15) is 5.26 Å². The van der Waals surface area contributed by atoms with Crippen LogP contribution >= 0.6 is 27.5 Å². The summed E-state index contributed by atoms with van der Waals surface area (Å²) in [6.45, 7) is 2.10. The van der Waals surface area contributed by atoms with E-state index in [-0.39, 0.29) is 12.4 Å². The maximum absolute atomic E-state index is 11.3. The van der Waals surface area contributed by atoms with Crippen molar-refractivity contribution >= 4 is 33.5 Å². The molecule has 0 unspecified atom stereocenters. The maximum atomic E-state index is 11.3. The van der Waals surface area contributed by atoms with E-state index in [1.54, 1.807) is 19.1 Å². The van der Waals surface area contributed by atoms with Crippen molar-refractivity contribution in [1.82, 2.24) is 0 Å². The van der Waals surface area contributed by atoms with Crippen LogP contribution in [-0.4, -0.2) is 12.6 Å². The molecule has 0 bridgehead atoms. The molecular formula is C11H9BrClNO2. The first-order valence-corrected chi connectivity index (χ1v) is 5.79. The molecule has 0 saturated carbocycles. The Hall–Kier alpha value is -1.05. The van der Waals surface area contributed by atoms with Gasteiger partial charge in [-0.3, -0.25) is 4.79 Å². The third-order valence-electron chi connectivity index (χ3n) is 1.90. The summed E-state index contributed by atoms with van der Waals surface area (Å²) < 4.78 is 5.51. The fraction of sp³-hybridized carbons (Fsp3) is 0.273. The third kappa shape index (κ3) is 3.22. The summed E-state index contributed by atoms with van der Waals surface area (Å²) in [5, 5.41) is 9.09. The molecule has 0 aliphatic rings. The molecule has 0 fully saturated rings. The van der Waals surface area contributed by atoms with Crippen molar-refractivity contribution in [3.05, 3.63) is 32.8 Å². The Morgan fingerprint density at radius 3 is 2.88 bits per heavy atom. The van der Waals surface area contributed by atoms with Crippen LogP contribution in [0.5, 0.6) is 0 Å².